The molecule has 2 aromatic carbocycles. The molecule has 1 saturated carbocycles. The highest BCUT2D eigenvalue weighted by molar-refractivity contribution is 5.89. The summed E-state index contributed by atoms with van der Waals surface area (Å²) in [6, 6.07) is 12.0. The Kier molecular flexibility index (Phi) is 9.96. The molecule has 1 fully saturated rings. The fraction of sp³-hybridized carbons (Fsp3) is 0.464. The van der Waals surface area contributed by atoms with Gasteiger partial charge in [-0.15, -0.1) is 10.2 Å². The molecule has 1 N–H and O–H groups in total. The summed E-state index contributed by atoms with van der Waals surface area (Å²) in [5.74, 6) is -0.000226. The summed E-state index contributed by atoms with van der Waals surface area (Å²) in [6.07, 6.45) is 4.43. The van der Waals surface area contributed by atoms with Crippen LogP contribution in [-0.2, 0) is 20.9 Å². The molecule has 1 aliphatic rings. The van der Waals surface area contributed by atoms with Crippen LogP contribution in [0.25, 0.3) is 11.4 Å². The third kappa shape index (κ3) is 7.60. The first-order chi connectivity index (χ1) is 19.0. The van der Waals surface area contributed by atoms with Gasteiger partial charge in [0.05, 0.1) is 7.11 Å². The van der Waals surface area contributed by atoms with E-state index in [-0.39, 0.29) is 30.9 Å². The molecular weight excluding hydrogens is 503 g/mol. The highest BCUT2D eigenvalue weighted by Crippen LogP contribution is 2.25. The van der Waals surface area contributed by atoms with E-state index >= 15 is 0 Å². The molecule has 39 heavy (non-hydrogen) atoms. The zero-order valence-corrected chi connectivity index (χ0v) is 22.4. The van der Waals surface area contributed by atoms with Crippen LogP contribution in [0, 0.1) is 5.82 Å². The fourth-order valence-electron chi connectivity index (χ4n) is 4.72. The van der Waals surface area contributed by atoms with Gasteiger partial charge in [0.15, 0.2) is 0 Å². The molecule has 0 unspecified atom stereocenters. The first-order valence-electron chi connectivity index (χ1n) is 13.3. The van der Waals surface area contributed by atoms with E-state index < -0.39 is 11.9 Å². The highest BCUT2D eigenvalue weighted by atomic mass is 19.1. The van der Waals surface area contributed by atoms with Crippen LogP contribution in [-0.4, -0.2) is 69.8 Å². The van der Waals surface area contributed by atoms with Crippen LogP contribution in [0.1, 0.15) is 50.6 Å². The Hall–Kier alpha value is -3.86. The number of tetrazole rings is 1. The molecule has 0 radical (unpaired) electrons. The minimum Gasteiger partial charge on any atom is -0.497 e. The number of nitrogens with zero attached hydrogens (tertiary/aromatic N) is 5. The molecule has 10 nitrogen and oxygen atoms in total. The summed E-state index contributed by atoms with van der Waals surface area (Å²) in [5, 5.41) is 15.6. The summed E-state index contributed by atoms with van der Waals surface area (Å²) in [4.78, 5) is 30.1. The lowest BCUT2D eigenvalue weighted by Gasteiger charge is -2.32. The molecular formula is C28H35FN6O4. The van der Waals surface area contributed by atoms with Crippen LogP contribution in [0.5, 0.6) is 5.75 Å². The maximum Gasteiger partial charge on any atom is 0.247 e. The van der Waals surface area contributed by atoms with Crippen LogP contribution < -0.4 is 10.1 Å². The molecule has 2 amide bonds. The molecule has 0 saturated heterocycles. The van der Waals surface area contributed by atoms with E-state index in [9.17, 15) is 14.0 Å². The van der Waals surface area contributed by atoms with Crippen molar-refractivity contribution >= 4 is 11.8 Å². The Morgan fingerprint density at radius 3 is 2.51 bits per heavy atom. The van der Waals surface area contributed by atoms with Crippen molar-refractivity contribution in [3.63, 3.8) is 0 Å². The largest absolute Gasteiger partial charge is 0.497 e. The molecule has 1 aromatic heterocycles. The Morgan fingerprint density at radius 1 is 1.13 bits per heavy atom. The number of carbonyl (C=O) groups excluding carboxylic acids is 2. The van der Waals surface area contributed by atoms with Gasteiger partial charge < -0.3 is 19.7 Å². The predicted octanol–water partition coefficient (Wildman–Crippen LogP) is 3.54. The summed E-state index contributed by atoms with van der Waals surface area (Å²) >= 11 is 0. The maximum atomic E-state index is 13.8. The standard InChI is InChI=1S/C28H35FN6O4/c1-3-39-18-6-17-34(25(36)19-35-32-27(31-33-35)21-11-15-24(38-2)16-12-21)26(20-9-13-22(29)14-10-20)28(37)30-23-7-4-5-8-23/h9-16,23,26H,3-8,17-19H2,1-2H3,(H,30,37)/t26-/m1/s1. The molecule has 0 aliphatic heterocycles. The average Bonchev–Trinajstić information content (AvgIpc) is 3.63. The number of carbonyl (C=O) groups is 2. The molecule has 11 heteroatoms. The quantitative estimate of drug-likeness (QED) is 0.331. The molecule has 1 atom stereocenters. The van der Waals surface area contributed by atoms with Gasteiger partial charge in [0.25, 0.3) is 0 Å². The Labute approximate surface area is 227 Å². The lowest BCUT2D eigenvalue weighted by atomic mass is 10.0. The van der Waals surface area contributed by atoms with Crippen LogP contribution in [0.2, 0.25) is 0 Å². The Balaban J connectivity index is 1.57. The number of methoxy groups -OCH3 is 1. The van der Waals surface area contributed by atoms with E-state index in [0.29, 0.717) is 36.8 Å². The van der Waals surface area contributed by atoms with Gasteiger partial charge >= 0.3 is 0 Å². The minimum atomic E-state index is -0.940. The van der Waals surface area contributed by atoms with Gasteiger partial charge in [-0.05, 0) is 73.4 Å². The van der Waals surface area contributed by atoms with E-state index in [2.05, 4.69) is 20.7 Å². The van der Waals surface area contributed by atoms with Crippen molar-refractivity contribution in [3.05, 3.63) is 59.9 Å². The second-order valence-corrected chi connectivity index (χ2v) is 9.45. The summed E-state index contributed by atoms with van der Waals surface area (Å²) < 4.78 is 24.4. The molecule has 1 heterocycles. The highest BCUT2D eigenvalue weighted by Gasteiger charge is 2.33. The molecule has 0 spiro atoms. The second kappa shape index (κ2) is 13.8. The summed E-state index contributed by atoms with van der Waals surface area (Å²) in [6.45, 7) is 2.93. The van der Waals surface area contributed by atoms with Crippen LogP contribution in [0.15, 0.2) is 48.5 Å². The summed E-state index contributed by atoms with van der Waals surface area (Å²) in [5.41, 5.74) is 1.25. The van der Waals surface area contributed by atoms with Gasteiger partial charge in [0, 0.05) is 31.4 Å². The predicted molar refractivity (Wildman–Crippen MR) is 142 cm³/mol. The first-order valence-corrected chi connectivity index (χ1v) is 13.3. The Morgan fingerprint density at radius 2 is 1.85 bits per heavy atom. The molecule has 208 valence electrons. The number of rotatable bonds is 13. The number of nitrogens with one attached hydrogen (secondary N) is 1. The topological polar surface area (TPSA) is 111 Å². The number of aromatic nitrogens is 4. The molecule has 0 bridgehead atoms. The van der Waals surface area contributed by atoms with Crippen molar-refractivity contribution in [2.45, 2.75) is 57.7 Å². The zero-order valence-electron chi connectivity index (χ0n) is 22.4. The minimum absolute atomic E-state index is 0.0601. The van der Waals surface area contributed by atoms with Crippen molar-refractivity contribution in [2.75, 3.05) is 26.9 Å². The van der Waals surface area contributed by atoms with Gasteiger partial charge in [0.1, 0.15) is 24.2 Å². The number of hydrogen-bond acceptors (Lipinski definition) is 7. The third-order valence-electron chi connectivity index (χ3n) is 6.74. The Bertz CT molecular complexity index is 1210. The lowest BCUT2D eigenvalue weighted by molar-refractivity contribution is -0.142. The first kappa shape index (κ1) is 28.2. The molecule has 1 aliphatic carbocycles. The number of benzene rings is 2. The van der Waals surface area contributed by atoms with Gasteiger partial charge in [0.2, 0.25) is 17.6 Å². The third-order valence-corrected chi connectivity index (χ3v) is 6.74. The number of hydrogen-bond donors (Lipinski definition) is 1. The van der Waals surface area contributed by atoms with E-state index in [1.165, 1.54) is 21.8 Å². The number of ether oxygens (including phenoxy) is 2. The van der Waals surface area contributed by atoms with Crippen molar-refractivity contribution in [1.82, 2.24) is 30.4 Å². The molecule has 4 rings (SSSR count). The van der Waals surface area contributed by atoms with Gasteiger partial charge in [-0.3, -0.25) is 9.59 Å². The van der Waals surface area contributed by atoms with Crippen molar-refractivity contribution < 1.29 is 23.5 Å². The zero-order chi connectivity index (χ0) is 27.6. The van der Waals surface area contributed by atoms with E-state index in [1.54, 1.807) is 43.5 Å². The monoisotopic (exact) mass is 538 g/mol. The fourth-order valence-corrected chi connectivity index (χ4v) is 4.72. The van der Waals surface area contributed by atoms with Gasteiger partial charge in [-0.2, -0.15) is 4.80 Å². The second-order valence-electron chi connectivity index (χ2n) is 9.45. The number of halogens is 1. The lowest BCUT2D eigenvalue weighted by Crippen LogP contribution is -2.47. The molecule has 3 aromatic rings. The van der Waals surface area contributed by atoms with Crippen molar-refractivity contribution in [1.29, 1.82) is 0 Å². The van der Waals surface area contributed by atoms with Crippen LogP contribution >= 0.6 is 0 Å². The van der Waals surface area contributed by atoms with E-state index in [1.807, 2.05) is 6.92 Å². The van der Waals surface area contributed by atoms with E-state index in [4.69, 9.17) is 9.47 Å². The normalized spacial score (nSPS) is 14.2. The maximum absolute atomic E-state index is 13.8. The smallest absolute Gasteiger partial charge is 0.247 e. The van der Waals surface area contributed by atoms with E-state index in [0.717, 1.165) is 31.2 Å². The number of amides is 2. The van der Waals surface area contributed by atoms with Crippen molar-refractivity contribution in [3.8, 4) is 17.1 Å². The van der Waals surface area contributed by atoms with Gasteiger partial charge in [-0.1, -0.05) is 25.0 Å². The van der Waals surface area contributed by atoms with Crippen LogP contribution in [0.4, 0.5) is 4.39 Å². The van der Waals surface area contributed by atoms with Crippen LogP contribution in [0.3, 0.4) is 0 Å². The SMILES string of the molecule is CCOCCCN(C(=O)Cn1nnc(-c2ccc(OC)cc2)n1)[C@@H](C(=O)NC1CCCC1)c1ccc(F)cc1. The average molecular weight is 539 g/mol. The summed E-state index contributed by atoms with van der Waals surface area (Å²) in [7, 11) is 1.59. The van der Waals surface area contributed by atoms with Gasteiger partial charge in [-0.25, -0.2) is 4.39 Å². The van der Waals surface area contributed by atoms with Crippen molar-refractivity contribution in [2.24, 2.45) is 0 Å².